The van der Waals surface area contributed by atoms with Crippen LogP contribution in [0.4, 0.5) is 0 Å². The number of unbranched alkanes of at least 4 members (excludes halogenated alkanes) is 1. The first-order valence-corrected chi connectivity index (χ1v) is 9.13. The number of aromatic nitrogens is 1. The van der Waals surface area contributed by atoms with Crippen LogP contribution in [-0.4, -0.2) is 18.6 Å². The van der Waals surface area contributed by atoms with E-state index in [-0.39, 0.29) is 5.43 Å². The molecule has 0 fully saturated rings. The molecule has 0 amide bonds. The number of benzene rings is 2. The normalized spacial score (nSPS) is 11.0. The Labute approximate surface area is 154 Å². The summed E-state index contributed by atoms with van der Waals surface area (Å²) in [6.07, 6.45) is 3.30. The number of hydrogen-bond acceptors (Lipinski definition) is 3. The van der Waals surface area contributed by atoms with E-state index in [0.717, 1.165) is 53.7 Å². The van der Waals surface area contributed by atoms with Crippen molar-refractivity contribution in [2.45, 2.75) is 32.7 Å². The molecular weight excluding hydrogens is 324 g/mol. The molecule has 0 aliphatic heterocycles. The molecule has 1 heterocycles. The van der Waals surface area contributed by atoms with Crippen LogP contribution in [0, 0.1) is 6.92 Å². The number of rotatable bonds is 8. The van der Waals surface area contributed by atoms with Crippen molar-refractivity contribution in [3.8, 4) is 5.75 Å². The second-order valence-electron chi connectivity index (χ2n) is 6.59. The number of nitrogens with one attached hydrogen (secondary N) is 2. The van der Waals surface area contributed by atoms with E-state index in [0.29, 0.717) is 6.54 Å². The first-order chi connectivity index (χ1) is 12.7. The summed E-state index contributed by atoms with van der Waals surface area (Å²) in [4.78, 5) is 15.8. The Morgan fingerprint density at radius 1 is 1.04 bits per heavy atom. The number of methoxy groups -OCH3 is 1. The largest absolute Gasteiger partial charge is 0.497 e. The van der Waals surface area contributed by atoms with Gasteiger partial charge in [-0.25, -0.2) is 0 Å². The van der Waals surface area contributed by atoms with Crippen molar-refractivity contribution < 1.29 is 4.74 Å². The van der Waals surface area contributed by atoms with Crippen LogP contribution in [0.25, 0.3) is 10.9 Å². The first kappa shape index (κ1) is 18.2. The van der Waals surface area contributed by atoms with Crippen molar-refractivity contribution >= 4 is 10.9 Å². The summed E-state index contributed by atoms with van der Waals surface area (Å²) in [5, 5.41) is 4.21. The Kier molecular flexibility index (Phi) is 6.08. The molecular formula is C22H26N2O2. The Balaban J connectivity index is 1.47. The zero-order chi connectivity index (χ0) is 18.4. The molecule has 0 bridgehead atoms. The van der Waals surface area contributed by atoms with E-state index in [2.05, 4.69) is 22.4 Å². The quantitative estimate of drug-likeness (QED) is 0.605. The fraction of sp³-hybridized carbons (Fsp3) is 0.318. The molecule has 0 unspecified atom stereocenters. The SMILES string of the molecule is COc1ccc(CCCCNCc2[nH]c3ccccc3c(=O)c2C)cc1. The Hall–Kier alpha value is -2.59. The molecule has 0 saturated carbocycles. The molecule has 4 nitrogen and oxygen atoms in total. The highest BCUT2D eigenvalue weighted by Crippen LogP contribution is 2.13. The molecule has 2 aromatic carbocycles. The predicted molar refractivity (Wildman–Crippen MR) is 107 cm³/mol. The fourth-order valence-corrected chi connectivity index (χ4v) is 3.15. The van der Waals surface area contributed by atoms with E-state index in [1.807, 2.05) is 43.3 Å². The molecule has 3 rings (SSSR count). The van der Waals surface area contributed by atoms with Crippen LogP contribution in [0.1, 0.15) is 29.7 Å². The van der Waals surface area contributed by atoms with Crippen LogP contribution in [-0.2, 0) is 13.0 Å². The number of pyridine rings is 1. The molecule has 0 aliphatic rings. The molecule has 0 atom stereocenters. The predicted octanol–water partition coefficient (Wildman–Crippen LogP) is 3.96. The lowest BCUT2D eigenvalue weighted by Crippen LogP contribution is -2.20. The monoisotopic (exact) mass is 350 g/mol. The van der Waals surface area contributed by atoms with Crippen molar-refractivity contribution in [1.29, 1.82) is 0 Å². The van der Waals surface area contributed by atoms with Gasteiger partial charge in [-0.05, 0) is 62.6 Å². The third-order valence-electron chi connectivity index (χ3n) is 4.78. The first-order valence-electron chi connectivity index (χ1n) is 9.13. The summed E-state index contributed by atoms with van der Waals surface area (Å²) in [6, 6.07) is 15.9. The van der Waals surface area contributed by atoms with Crippen LogP contribution in [0.3, 0.4) is 0 Å². The summed E-state index contributed by atoms with van der Waals surface area (Å²) >= 11 is 0. The summed E-state index contributed by atoms with van der Waals surface area (Å²) in [5.74, 6) is 0.898. The van der Waals surface area contributed by atoms with Crippen LogP contribution in [0.5, 0.6) is 5.75 Å². The van der Waals surface area contributed by atoms with Crippen LogP contribution < -0.4 is 15.5 Å². The van der Waals surface area contributed by atoms with Gasteiger partial charge in [-0.15, -0.1) is 0 Å². The average molecular weight is 350 g/mol. The van der Waals surface area contributed by atoms with Gasteiger partial charge in [-0.3, -0.25) is 4.79 Å². The van der Waals surface area contributed by atoms with Gasteiger partial charge in [0.1, 0.15) is 5.75 Å². The van der Waals surface area contributed by atoms with Crippen molar-refractivity contribution in [3.63, 3.8) is 0 Å². The number of H-pyrrole nitrogens is 1. The Morgan fingerprint density at radius 3 is 2.58 bits per heavy atom. The second kappa shape index (κ2) is 8.68. The maximum absolute atomic E-state index is 12.4. The summed E-state index contributed by atoms with van der Waals surface area (Å²) in [5.41, 5.74) is 4.13. The number of hydrogen-bond donors (Lipinski definition) is 2. The fourth-order valence-electron chi connectivity index (χ4n) is 3.15. The zero-order valence-electron chi connectivity index (χ0n) is 15.5. The van der Waals surface area contributed by atoms with Crippen molar-refractivity contribution in [2.75, 3.05) is 13.7 Å². The average Bonchev–Trinajstić information content (AvgIpc) is 2.68. The summed E-state index contributed by atoms with van der Waals surface area (Å²) in [6.45, 7) is 3.52. The van der Waals surface area contributed by atoms with Gasteiger partial charge in [0.2, 0.25) is 0 Å². The topological polar surface area (TPSA) is 54.1 Å². The number of aromatic amines is 1. The highest BCUT2D eigenvalue weighted by Gasteiger charge is 2.07. The molecule has 136 valence electrons. The van der Waals surface area contributed by atoms with Gasteiger partial charge in [-0.2, -0.15) is 0 Å². The minimum Gasteiger partial charge on any atom is -0.497 e. The van der Waals surface area contributed by atoms with Crippen LogP contribution in [0.2, 0.25) is 0 Å². The highest BCUT2D eigenvalue weighted by atomic mass is 16.5. The van der Waals surface area contributed by atoms with Gasteiger partial charge in [0, 0.05) is 28.7 Å². The number of aryl methyl sites for hydroxylation is 1. The maximum atomic E-state index is 12.4. The van der Waals surface area contributed by atoms with Crippen molar-refractivity contribution in [2.24, 2.45) is 0 Å². The lowest BCUT2D eigenvalue weighted by atomic mass is 10.1. The zero-order valence-corrected chi connectivity index (χ0v) is 15.5. The summed E-state index contributed by atoms with van der Waals surface area (Å²) < 4.78 is 5.18. The molecule has 0 aliphatic carbocycles. The molecule has 0 spiro atoms. The number of ether oxygens (including phenoxy) is 1. The number of para-hydroxylation sites is 1. The van der Waals surface area contributed by atoms with Crippen LogP contribution in [0.15, 0.2) is 53.3 Å². The van der Waals surface area contributed by atoms with E-state index in [1.54, 1.807) is 7.11 Å². The Morgan fingerprint density at radius 2 is 1.81 bits per heavy atom. The minimum absolute atomic E-state index is 0.121. The lowest BCUT2D eigenvalue weighted by Gasteiger charge is -2.10. The van der Waals surface area contributed by atoms with E-state index in [4.69, 9.17) is 4.74 Å². The second-order valence-corrected chi connectivity index (χ2v) is 6.59. The molecule has 4 heteroatoms. The molecule has 0 radical (unpaired) electrons. The van der Waals surface area contributed by atoms with Gasteiger partial charge in [0.05, 0.1) is 7.11 Å². The molecule has 26 heavy (non-hydrogen) atoms. The lowest BCUT2D eigenvalue weighted by molar-refractivity contribution is 0.414. The molecule has 3 aromatic rings. The molecule has 2 N–H and O–H groups in total. The van der Waals surface area contributed by atoms with Gasteiger partial charge in [-0.1, -0.05) is 24.3 Å². The standard InChI is InChI=1S/C22H26N2O2/c1-16-21(24-20-9-4-3-8-19(20)22(16)25)15-23-14-6-5-7-17-10-12-18(26-2)13-11-17/h3-4,8-13,23H,5-7,14-15H2,1-2H3,(H,24,25). The van der Waals surface area contributed by atoms with Gasteiger partial charge in [0.15, 0.2) is 5.43 Å². The minimum atomic E-state index is 0.121. The maximum Gasteiger partial charge on any atom is 0.192 e. The van der Waals surface area contributed by atoms with E-state index >= 15 is 0 Å². The van der Waals surface area contributed by atoms with E-state index in [9.17, 15) is 4.79 Å². The van der Waals surface area contributed by atoms with Gasteiger partial charge < -0.3 is 15.0 Å². The van der Waals surface area contributed by atoms with Gasteiger partial charge >= 0.3 is 0 Å². The number of fused-ring (bicyclic) bond motifs is 1. The molecule has 0 saturated heterocycles. The van der Waals surface area contributed by atoms with Crippen molar-refractivity contribution in [1.82, 2.24) is 10.3 Å². The Bertz CT molecular complexity index is 914. The smallest absolute Gasteiger partial charge is 0.192 e. The van der Waals surface area contributed by atoms with Crippen molar-refractivity contribution in [3.05, 3.63) is 75.6 Å². The van der Waals surface area contributed by atoms with E-state index in [1.165, 1.54) is 5.56 Å². The highest BCUT2D eigenvalue weighted by molar-refractivity contribution is 5.79. The third kappa shape index (κ3) is 4.33. The van der Waals surface area contributed by atoms with Gasteiger partial charge in [0.25, 0.3) is 0 Å². The van der Waals surface area contributed by atoms with Crippen LogP contribution >= 0.6 is 0 Å². The molecule has 1 aromatic heterocycles. The van der Waals surface area contributed by atoms with E-state index < -0.39 is 0 Å². The summed E-state index contributed by atoms with van der Waals surface area (Å²) in [7, 11) is 1.69. The third-order valence-corrected chi connectivity index (χ3v) is 4.78.